The molecule has 1 aliphatic heterocycles. The second-order valence-corrected chi connectivity index (χ2v) is 7.34. The van der Waals surface area contributed by atoms with E-state index < -0.39 is 5.60 Å². The zero-order valence-electron chi connectivity index (χ0n) is 15.8. The number of β-amino-alcohol motifs (C(OH)–C–C–N with tert-alkyl or cyclic N) is 1. The number of carbonyl (C=O) groups excluding carboxylic acids is 1. The Morgan fingerprint density at radius 3 is 2.74 bits per heavy atom. The number of hydrogen-bond acceptors (Lipinski definition) is 5. The molecule has 27 heavy (non-hydrogen) atoms. The van der Waals surface area contributed by atoms with Gasteiger partial charge in [0, 0.05) is 12.2 Å². The summed E-state index contributed by atoms with van der Waals surface area (Å²) in [6.07, 6.45) is 1.21. The highest BCUT2D eigenvalue weighted by atomic mass is 16.5. The number of aromatic nitrogens is 2. The molecule has 0 bridgehead atoms. The number of nitrogens with zero attached hydrogens (tertiary/aromatic N) is 3. The lowest BCUT2D eigenvalue weighted by Crippen LogP contribution is -2.34. The smallest absolute Gasteiger partial charge is 0.258 e. The van der Waals surface area contributed by atoms with Crippen molar-refractivity contribution in [2.24, 2.45) is 0 Å². The number of carbonyl (C=O) groups is 1. The number of aryl methyl sites for hydroxylation is 3. The summed E-state index contributed by atoms with van der Waals surface area (Å²) in [5, 5.41) is 15.7. The Labute approximate surface area is 157 Å². The van der Waals surface area contributed by atoms with Crippen molar-refractivity contribution in [3.05, 3.63) is 58.4 Å². The van der Waals surface area contributed by atoms with Gasteiger partial charge in [0.2, 0.25) is 0 Å². The first kappa shape index (κ1) is 17.7. The zero-order valence-corrected chi connectivity index (χ0v) is 15.8. The predicted octanol–water partition coefficient (Wildman–Crippen LogP) is 3.14. The van der Waals surface area contributed by atoms with Crippen molar-refractivity contribution in [3.63, 3.8) is 0 Å². The van der Waals surface area contributed by atoms with Crippen LogP contribution in [0.25, 0.3) is 11.1 Å². The summed E-state index contributed by atoms with van der Waals surface area (Å²) >= 11 is 0. The first-order valence-electron chi connectivity index (χ1n) is 9.26. The molecule has 3 heterocycles. The average molecular weight is 365 g/mol. The summed E-state index contributed by atoms with van der Waals surface area (Å²) in [5.41, 5.74) is 3.34. The third-order valence-electron chi connectivity index (χ3n) is 5.39. The summed E-state index contributed by atoms with van der Waals surface area (Å²) in [6.45, 7) is 6.57. The van der Waals surface area contributed by atoms with E-state index >= 15 is 0 Å². The fourth-order valence-corrected chi connectivity index (χ4v) is 3.73. The Hall–Kier alpha value is -2.73. The number of amides is 1. The Bertz CT molecular complexity index is 1010. The molecule has 6 nitrogen and oxygen atoms in total. The van der Waals surface area contributed by atoms with Crippen LogP contribution in [-0.2, 0) is 12.0 Å². The van der Waals surface area contributed by atoms with Crippen LogP contribution in [0.1, 0.15) is 46.2 Å². The van der Waals surface area contributed by atoms with Crippen LogP contribution in [0.4, 0.5) is 0 Å². The summed E-state index contributed by atoms with van der Waals surface area (Å²) in [6, 6.07) is 9.66. The molecule has 6 heteroatoms. The SMILES string of the molecule is CCc1cc(C(=O)N2CC[C@](O)(c3ccc(C)cc3)C2)c2c(C)noc2n1. The van der Waals surface area contributed by atoms with Gasteiger partial charge in [-0.1, -0.05) is 41.9 Å². The van der Waals surface area contributed by atoms with Crippen LogP contribution < -0.4 is 0 Å². The van der Waals surface area contributed by atoms with Gasteiger partial charge in [0.15, 0.2) is 0 Å². The van der Waals surface area contributed by atoms with E-state index in [0.717, 1.165) is 16.8 Å². The lowest BCUT2D eigenvalue weighted by molar-refractivity contribution is 0.0418. The number of likely N-dealkylation sites (tertiary alicyclic amines) is 1. The number of hydrogen-bond donors (Lipinski definition) is 1. The maximum absolute atomic E-state index is 13.3. The fourth-order valence-electron chi connectivity index (χ4n) is 3.73. The standard InChI is InChI=1S/C21H23N3O3/c1-4-16-11-17(18-14(3)23-27-19(18)22-16)20(25)24-10-9-21(26,12-24)15-7-5-13(2)6-8-15/h5-8,11,26H,4,9-10,12H2,1-3H3/t21-/m1/s1. The van der Waals surface area contributed by atoms with Crippen molar-refractivity contribution in [1.29, 1.82) is 0 Å². The van der Waals surface area contributed by atoms with Crippen molar-refractivity contribution in [3.8, 4) is 0 Å². The number of rotatable bonds is 3. The normalized spacial score (nSPS) is 19.8. The first-order chi connectivity index (χ1) is 12.9. The van der Waals surface area contributed by atoms with Crippen LogP contribution in [0.2, 0.25) is 0 Å². The molecule has 4 rings (SSSR count). The van der Waals surface area contributed by atoms with Crippen LogP contribution in [0.3, 0.4) is 0 Å². The molecule has 0 radical (unpaired) electrons. The molecule has 2 aromatic heterocycles. The van der Waals surface area contributed by atoms with Gasteiger partial charge in [-0.3, -0.25) is 4.79 Å². The monoisotopic (exact) mass is 365 g/mol. The molecule has 0 aliphatic carbocycles. The molecule has 1 saturated heterocycles. The van der Waals surface area contributed by atoms with Crippen molar-refractivity contribution in [1.82, 2.24) is 15.0 Å². The van der Waals surface area contributed by atoms with Gasteiger partial charge in [-0.15, -0.1) is 0 Å². The Balaban J connectivity index is 1.67. The van der Waals surface area contributed by atoms with E-state index in [9.17, 15) is 9.90 Å². The number of fused-ring (bicyclic) bond motifs is 1. The van der Waals surface area contributed by atoms with Crippen LogP contribution in [0, 0.1) is 13.8 Å². The predicted molar refractivity (Wildman–Crippen MR) is 102 cm³/mol. The summed E-state index contributed by atoms with van der Waals surface area (Å²) in [4.78, 5) is 19.4. The molecule has 3 aromatic rings. The molecular weight excluding hydrogens is 342 g/mol. The lowest BCUT2D eigenvalue weighted by atomic mass is 9.92. The van der Waals surface area contributed by atoms with Gasteiger partial charge in [-0.2, -0.15) is 0 Å². The van der Waals surface area contributed by atoms with E-state index in [1.807, 2.05) is 51.1 Å². The van der Waals surface area contributed by atoms with Crippen molar-refractivity contribution in [2.45, 2.75) is 39.2 Å². The van der Waals surface area contributed by atoms with Crippen LogP contribution >= 0.6 is 0 Å². The third-order valence-corrected chi connectivity index (χ3v) is 5.39. The van der Waals surface area contributed by atoms with E-state index in [-0.39, 0.29) is 12.5 Å². The molecule has 0 saturated carbocycles. The van der Waals surface area contributed by atoms with E-state index in [2.05, 4.69) is 10.1 Å². The molecule has 1 fully saturated rings. The van der Waals surface area contributed by atoms with Crippen LogP contribution in [0.15, 0.2) is 34.9 Å². The zero-order chi connectivity index (χ0) is 19.2. The highest BCUT2D eigenvalue weighted by molar-refractivity contribution is 6.06. The minimum absolute atomic E-state index is 0.119. The number of benzene rings is 1. The first-order valence-corrected chi connectivity index (χ1v) is 9.26. The molecule has 140 valence electrons. The van der Waals surface area contributed by atoms with Gasteiger partial charge in [0.05, 0.1) is 23.2 Å². The van der Waals surface area contributed by atoms with E-state index in [4.69, 9.17) is 4.52 Å². The van der Waals surface area contributed by atoms with E-state index in [1.165, 1.54) is 0 Å². The summed E-state index contributed by atoms with van der Waals surface area (Å²) < 4.78 is 5.28. The highest BCUT2D eigenvalue weighted by Crippen LogP contribution is 2.34. The van der Waals surface area contributed by atoms with Crippen LogP contribution in [0.5, 0.6) is 0 Å². The number of pyridine rings is 1. The second-order valence-electron chi connectivity index (χ2n) is 7.34. The number of aliphatic hydroxyl groups is 1. The second kappa shape index (κ2) is 6.46. The molecule has 1 atom stereocenters. The fraction of sp³-hybridized carbons (Fsp3) is 0.381. The quantitative estimate of drug-likeness (QED) is 0.771. The van der Waals surface area contributed by atoms with Gasteiger partial charge >= 0.3 is 0 Å². The summed E-state index contributed by atoms with van der Waals surface area (Å²) in [7, 11) is 0. The maximum Gasteiger partial charge on any atom is 0.258 e. The van der Waals surface area contributed by atoms with Gasteiger partial charge < -0.3 is 14.5 Å². The van der Waals surface area contributed by atoms with Crippen molar-refractivity contribution < 1.29 is 14.4 Å². The molecule has 1 amide bonds. The van der Waals surface area contributed by atoms with Gasteiger partial charge in [-0.05, 0) is 38.3 Å². The average Bonchev–Trinajstić information content (AvgIpc) is 3.25. The highest BCUT2D eigenvalue weighted by Gasteiger charge is 2.40. The Morgan fingerprint density at radius 1 is 1.30 bits per heavy atom. The Morgan fingerprint density at radius 2 is 2.04 bits per heavy atom. The molecule has 1 aliphatic rings. The minimum atomic E-state index is -1.02. The molecule has 0 spiro atoms. The molecule has 1 N–H and O–H groups in total. The lowest BCUT2D eigenvalue weighted by Gasteiger charge is -2.24. The van der Waals surface area contributed by atoms with Crippen molar-refractivity contribution >= 4 is 17.0 Å². The maximum atomic E-state index is 13.3. The van der Waals surface area contributed by atoms with E-state index in [1.54, 1.807) is 4.90 Å². The van der Waals surface area contributed by atoms with Crippen LogP contribution in [-0.4, -0.2) is 39.1 Å². The van der Waals surface area contributed by atoms with E-state index in [0.29, 0.717) is 41.7 Å². The Kier molecular flexibility index (Phi) is 4.23. The molecule has 0 unspecified atom stereocenters. The topological polar surface area (TPSA) is 79.5 Å². The van der Waals surface area contributed by atoms with Gasteiger partial charge in [0.25, 0.3) is 11.6 Å². The molecule has 1 aromatic carbocycles. The molecular formula is C21H23N3O3. The van der Waals surface area contributed by atoms with Gasteiger partial charge in [-0.25, -0.2) is 4.98 Å². The van der Waals surface area contributed by atoms with Gasteiger partial charge in [0.1, 0.15) is 5.60 Å². The largest absolute Gasteiger partial charge is 0.383 e. The minimum Gasteiger partial charge on any atom is -0.383 e. The van der Waals surface area contributed by atoms with Crippen molar-refractivity contribution in [2.75, 3.05) is 13.1 Å². The summed E-state index contributed by atoms with van der Waals surface area (Å²) in [5.74, 6) is -0.119. The third kappa shape index (κ3) is 3.00.